The summed E-state index contributed by atoms with van der Waals surface area (Å²) in [5, 5.41) is 23.0. The number of hydrogen-bond acceptors (Lipinski definition) is 7. The molecule has 4 aromatic rings. The topological polar surface area (TPSA) is 158 Å². The molecule has 3 N–H and O–H groups in total. The molecule has 1 amide bonds. The summed E-state index contributed by atoms with van der Waals surface area (Å²) in [5.74, 6) is -0.109. The highest BCUT2D eigenvalue weighted by atomic mass is 35.5. The van der Waals surface area contributed by atoms with E-state index in [-0.39, 0.29) is 22.5 Å². The molecule has 0 spiro atoms. The van der Waals surface area contributed by atoms with Crippen LogP contribution in [0.4, 0.5) is 22.7 Å². The largest absolute Gasteiger partial charge is 0.399 e. The molecular weight excluding hydrogens is 548 g/mol. The lowest BCUT2D eigenvalue weighted by Crippen LogP contribution is -2.12. The highest BCUT2D eigenvalue weighted by molar-refractivity contribution is 6.63. The standard InChI is InChI=1S/C15H14N2O3.C9H9ClO.C6H6N2O2/c18-15(11-6-12-4-2-1-3-5-12)16-13-7-9-14(10-8-13)17(19)20;10-9(11)7-6-8-4-2-1-3-5-8;7-5-1-3-6(4-2-5)8(9)10/h1-5,7-10H,6,11H2,(H,16,18);1-5H,6-7H2;1-4H,7H2. The Hall–Kier alpha value is -5.09. The molecule has 0 aliphatic heterocycles. The first-order chi connectivity index (χ1) is 19.6. The summed E-state index contributed by atoms with van der Waals surface area (Å²) < 4.78 is 0. The number of nitro benzene ring substituents is 2. The number of hydrogen-bond donors (Lipinski definition) is 2. The molecular formula is C30H29ClN4O6. The molecule has 11 heteroatoms. The summed E-state index contributed by atoms with van der Waals surface area (Å²) in [6.07, 6.45) is 2.20. The van der Waals surface area contributed by atoms with Gasteiger partial charge in [-0.3, -0.25) is 29.8 Å². The number of halogens is 1. The Kier molecular flexibility index (Phi) is 13.7. The van der Waals surface area contributed by atoms with Crippen LogP contribution in [0.3, 0.4) is 0 Å². The number of nitrogens with zero attached hydrogens (tertiary/aromatic N) is 2. The zero-order valence-corrected chi connectivity index (χ0v) is 22.8. The number of non-ortho nitro benzene ring substituents is 2. The van der Waals surface area contributed by atoms with Crippen molar-refractivity contribution in [3.8, 4) is 0 Å². The second-order valence-electron chi connectivity index (χ2n) is 8.53. The van der Waals surface area contributed by atoms with E-state index in [1.165, 1.54) is 48.5 Å². The van der Waals surface area contributed by atoms with E-state index in [1.54, 1.807) is 0 Å². The maximum Gasteiger partial charge on any atom is 0.269 e. The molecule has 4 rings (SSSR count). The third-order valence-corrected chi connectivity index (χ3v) is 5.59. The van der Waals surface area contributed by atoms with Crippen LogP contribution in [0.2, 0.25) is 0 Å². The lowest BCUT2D eigenvalue weighted by Gasteiger charge is -2.05. The number of carbonyl (C=O) groups is 2. The van der Waals surface area contributed by atoms with Crippen LogP contribution in [0.1, 0.15) is 24.0 Å². The lowest BCUT2D eigenvalue weighted by molar-refractivity contribution is -0.385. The van der Waals surface area contributed by atoms with Gasteiger partial charge in [-0.1, -0.05) is 60.7 Å². The number of benzene rings is 4. The summed E-state index contributed by atoms with van der Waals surface area (Å²) in [5.41, 5.74) is 8.73. The molecule has 0 fully saturated rings. The van der Waals surface area contributed by atoms with Crippen molar-refractivity contribution in [2.75, 3.05) is 11.1 Å². The van der Waals surface area contributed by atoms with Crippen molar-refractivity contribution in [1.82, 2.24) is 0 Å². The third kappa shape index (κ3) is 13.5. The molecule has 0 atom stereocenters. The van der Waals surface area contributed by atoms with Gasteiger partial charge >= 0.3 is 0 Å². The maximum atomic E-state index is 11.8. The lowest BCUT2D eigenvalue weighted by atomic mass is 10.1. The summed E-state index contributed by atoms with van der Waals surface area (Å²) in [7, 11) is 0. The number of nitrogen functional groups attached to an aromatic ring is 1. The fraction of sp³-hybridized carbons (Fsp3) is 0.133. The van der Waals surface area contributed by atoms with Gasteiger partial charge in [-0.05, 0) is 59.8 Å². The number of nitrogens with one attached hydrogen (secondary N) is 1. The van der Waals surface area contributed by atoms with E-state index < -0.39 is 9.85 Å². The summed E-state index contributed by atoms with van der Waals surface area (Å²) in [6, 6.07) is 31.1. The smallest absolute Gasteiger partial charge is 0.269 e. The Morgan fingerprint density at radius 2 is 1.07 bits per heavy atom. The molecule has 41 heavy (non-hydrogen) atoms. The number of nitro groups is 2. The average Bonchev–Trinajstić information content (AvgIpc) is 2.97. The summed E-state index contributed by atoms with van der Waals surface area (Å²) in [6.45, 7) is 0. The van der Waals surface area contributed by atoms with E-state index in [2.05, 4.69) is 5.32 Å². The van der Waals surface area contributed by atoms with Gasteiger partial charge in [0.25, 0.3) is 11.4 Å². The number of rotatable bonds is 9. The predicted molar refractivity (Wildman–Crippen MR) is 160 cm³/mol. The fourth-order valence-electron chi connectivity index (χ4n) is 3.28. The van der Waals surface area contributed by atoms with Crippen LogP contribution in [-0.2, 0) is 22.4 Å². The van der Waals surface area contributed by atoms with Crippen molar-refractivity contribution in [1.29, 1.82) is 0 Å². The summed E-state index contributed by atoms with van der Waals surface area (Å²) >= 11 is 5.19. The van der Waals surface area contributed by atoms with Crippen LogP contribution in [-0.4, -0.2) is 21.0 Å². The van der Waals surface area contributed by atoms with Gasteiger partial charge in [0.15, 0.2) is 0 Å². The van der Waals surface area contributed by atoms with Crippen molar-refractivity contribution in [2.45, 2.75) is 25.7 Å². The average molecular weight is 577 g/mol. The molecule has 0 saturated carbocycles. The number of aryl methyl sites for hydroxylation is 2. The molecule has 212 valence electrons. The molecule has 0 aromatic heterocycles. The minimum absolute atomic E-state index is 0.00674. The minimum Gasteiger partial charge on any atom is -0.399 e. The van der Waals surface area contributed by atoms with E-state index >= 15 is 0 Å². The fourth-order valence-corrected chi connectivity index (χ4v) is 3.37. The molecule has 0 radical (unpaired) electrons. The van der Waals surface area contributed by atoms with Gasteiger partial charge in [0.2, 0.25) is 11.1 Å². The molecule has 0 bridgehead atoms. The van der Waals surface area contributed by atoms with Crippen LogP contribution >= 0.6 is 11.6 Å². The Bertz CT molecular complexity index is 1400. The van der Waals surface area contributed by atoms with Crippen LogP contribution in [0.5, 0.6) is 0 Å². The third-order valence-electron chi connectivity index (χ3n) is 5.40. The first-order valence-electron chi connectivity index (χ1n) is 12.4. The van der Waals surface area contributed by atoms with Gasteiger partial charge in [-0.15, -0.1) is 0 Å². The van der Waals surface area contributed by atoms with Gasteiger partial charge in [-0.25, -0.2) is 0 Å². The molecule has 4 aromatic carbocycles. The highest BCUT2D eigenvalue weighted by Gasteiger charge is 2.07. The molecule has 10 nitrogen and oxygen atoms in total. The normalized spacial score (nSPS) is 9.68. The van der Waals surface area contributed by atoms with Gasteiger partial charge in [0.1, 0.15) is 0 Å². The SMILES string of the molecule is Nc1ccc([N+](=O)[O-])cc1.O=C(CCc1ccccc1)Nc1ccc([N+](=O)[O-])cc1.O=C(Cl)CCc1ccccc1. The quantitative estimate of drug-likeness (QED) is 0.0967. The molecule has 0 saturated heterocycles. The second-order valence-corrected chi connectivity index (χ2v) is 8.95. The Morgan fingerprint density at radius 3 is 1.49 bits per heavy atom. The van der Waals surface area contributed by atoms with Crippen LogP contribution < -0.4 is 11.1 Å². The van der Waals surface area contributed by atoms with Crippen molar-refractivity contribution in [3.05, 3.63) is 141 Å². The Balaban J connectivity index is 0.000000236. The van der Waals surface area contributed by atoms with E-state index in [0.29, 0.717) is 30.6 Å². The zero-order chi connectivity index (χ0) is 30.0. The Labute approximate surface area is 242 Å². The van der Waals surface area contributed by atoms with Crippen molar-refractivity contribution in [3.63, 3.8) is 0 Å². The highest BCUT2D eigenvalue weighted by Crippen LogP contribution is 2.16. The van der Waals surface area contributed by atoms with Gasteiger partial charge < -0.3 is 11.1 Å². The first-order valence-corrected chi connectivity index (χ1v) is 12.8. The minimum atomic E-state index is -0.471. The van der Waals surface area contributed by atoms with Crippen molar-refractivity contribution >= 4 is 45.5 Å². The van der Waals surface area contributed by atoms with Gasteiger partial charge in [-0.2, -0.15) is 0 Å². The van der Waals surface area contributed by atoms with Crippen LogP contribution in [0.15, 0.2) is 109 Å². The zero-order valence-electron chi connectivity index (χ0n) is 22.0. The van der Waals surface area contributed by atoms with Gasteiger partial charge in [0, 0.05) is 48.5 Å². The van der Waals surface area contributed by atoms with E-state index in [0.717, 1.165) is 17.5 Å². The summed E-state index contributed by atoms with van der Waals surface area (Å²) in [4.78, 5) is 41.8. The Morgan fingerprint density at radius 1 is 0.659 bits per heavy atom. The number of carbonyl (C=O) groups excluding carboxylic acids is 2. The predicted octanol–water partition coefficient (Wildman–Crippen LogP) is 6.73. The van der Waals surface area contributed by atoms with E-state index in [9.17, 15) is 29.8 Å². The maximum absolute atomic E-state index is 11.8. The van der Waals surface area contributed by atoms with E-state index in [4.69, 9.17) is 17.3 Å². The number of nitrogens with two attached hydrogens (primary N) is 1. The van der Waals surface area contributed by atoms with Crippen molar-refractivity contribution < 1.29 is 19.4 Å². The number of anilines is 2. The molecule has 0 heterocycles. The first kappa shape index (κ1) is 32.1. The number of amides is 1. The molecule has 0 unspecified atom stereocenters. The second kappa shape index (κ2) is 17.5. The van der Waals surface area contributed by atoms with Crippen LogP contribution in [0.25, 0.3) is 0 Å². The van der Waals surface area contributed by atoms with Crippen LogP contribution in [0, 0.1) is 20.2 Å². The van der Waals surface area contributed by atoms with E-state index in [1.807, 2.05) is 60.7 Å². The van der Waals surface area contributed by atoms with Gasteiger partial charge in [0.05, 0.1) is 9.85 Å². The van der Waals surface area contributed by atoms with Crippen molar-refractivity contribution in [2.24, 2.45) is 0 Å². The molecule has 0 aliphatic carbocycles. The molecule has 0 aliphatic rings. The monoisotopic (exact) mass is 576 g/mol.